The van der Waals surface area contributed by atoms with E-state index in [0.29, 0.717) is 0 Å². The number of carbonyl (C=O) groups excluding carboxylic acids is 2. The number of nitrogens with one attached hydrogen (secondary N) is 1. The van der Waals surface area contributed by atoms with Gasteiger partial charge in [-0.1, -0.05) is 25.5 Å². The van der Waals surface area contributed by atoms with Gasteiger partial charge in [-0.25, -0.2) is 0 Å². The largest absolute Gasteiger partial charge is 0.372 e. The van der Waals surface area contributed by atoms with E-state index in [2.05, 4.69) is 12.2 Å². The van der Waals surface area contributed by atoms with E-state index >= 15 is 0 Å². The van der Waals surface area contributed by atoms with Crippen LogP contribution in [-0.4, -0.2) is 42.4 Å². The normalized spacial score (nSPS) is 20.8. The molecule has 0 bridgehead atoms. The van der Waals surface area contributed by atoms with Gasteiger partial charge in [-0.3, -0.25) is 14.5 Å². The molecule has 118 valence electrons. The molecule has 0 aliphatic carbocycles. The molecule has 2 heterocycles. The highest BCUT2D eigenvalue weighted by Crippen LogP contribution is 2.32. The number of likely N-dealkylation sites (tertiary alicyclic amines) is 1. The summed E-state index contributed by atoms with van der Waals surface area (Å²) in [6.45, 7) is 3.85. The molecule has 1 unspecified atom stereocenters. The first-order valence-electron chi connectivity index (χ1n) is 8.15. The number of amides is 2. The summed E-state index contributed by atoms with van der Waals surface area (Å²) in [4.78, 5) is 28.7. The number of rotatable bonds is 4. The summed E-state index contributed by atoms with van der Waals surface area (Å²) >= 11 is 0. The van der Waals surface area contributed by atoms with Gasteiger partial charge in [0.2, 0.25) is 11.8 Å². The van der Waals surface area contributed by atoms with Gasteiger partial charge in [0.05, 0.1) is 11.4 Å². The fourth-order valence-corrected chi connectivity index (χ4v) is 3.24. The van der Waals surface area contributed by atoms with E-state index in [-0.39, 0.29) is 24.4 Å². The summed E-state index contributed by atoms with van der Waals surface area (Å²) < 4.78 is 0. The maximum absolute atomic E-state index is 12.7. The molecule has 1 aromatic rings. The number of para-hydroxylation sites is 2. The molecule has 2 amide bonds. The topological polar surface area (TPSA) is 52.7 Å². The minimum Gasteiger partial charge on any atom is -0.372 e. The smallest absolute Gasteiger partial charge is 0.250 e. The van der Waals surface area contributed by atoms with Crippen LogP contribution in [0.2, 0.25) is 0 Å². The Morgan fingerprint density at radius 3 is 2.73 bits per heavy atom. The molecular weight excluding hydrogens is 278 g/mol. The number of benzene rings is 1. The fourth-order valence-electron chi connectivity index (χ4n) is 3.24. The molecule has 5 heteroatoms. The van der Waals surface area contributed by atoms with Gasteiger partial charge in [0.25, 0.3) is 0 Å². The maximum atomic E-state index is 12.7. The second kappa shape index (κ2) is 6.38. The van der Waals surface area contributed by atoms with Crippen LogP contribution in [0.3, 0.4) is 0 Å². The number of anilines is 2. The van der Waals surface area contributed by atoms with Crippen molar-refractivity contribution in [1.82, 2.24) is 4.90 Å². The standard InChI is InChI=1S/C17H23N3O2/c1-2-7-14-17(22)20(12-16(21)19-10-5-6-11-19)15-9-4-3-8-13(15)18-14/h3-4,8-9,14,18H,2,5-7,10-12H2,1H3. The second-order valence-electron chi connectivity index (χ2n) is 6.02. The van der Waals surface area contributed by atoms with Gasteiger partial charge in [-0.2, -0.15) is 0 Å². The van der Waals surface area contributed by atoms with Crippen molar-refractivity contribution in [2.45, 2.75) is 38.6 Å². The lowest BCUT2D eigenvalue weighted by Gasteiger charge is -2.35. The molecule has 0 spiro atoms. The van der Waals surface area contributed by atoms with Crippen LogP contribution in [0.4, 0.5) is 11.4 Å². The van der Waals surface area contributed by atoms with Crippen LogP contribution in [0.5, 0.6) is 0 Å². The third-order valence-corrected chi connectivity index (χ3v) is 4.42. The predicted molar refractivity (Wildman–Crippen MR) is 86.9 cm³/mol. The van der Waals surface area contributed by atoms with Crippen molar-refractivity contribution in [3.05, 3.63) is 24.3 Å². The quantitative estimate of drug-likeness (QED) is 0.928. The minimum atomic E-state index is -0.230. The first-order chi connectivity index (χ1) is 10.7. The van der Waals surface area contributed by atoms with Gasteiger partial charge in [0.15, 0.2) is 0 Å². The van der Waals surface area contributed by atoms with Crippen molar-refractivity contribution in [3.63, 3.8) is 0 Å². The molecule has 5 nitrogen and oxygen atoms in total. The number of nitrogens with zero attached hydrogens (tertiary/aromatic N) is 2. The van der Waals surface area contributed by atoms with Crippen molar-refractivity contribution >= 4 is 23.2 Å². The van der Waals surface area contributed by atoms with E-state index in [4.69, 9.17) is 0 Å². The van der Waals surface area contributed by atoms with Crippen molar-refractivity contribution in [3.8, 4) is 0 Å². The summed E-state index contributed by atoms with van der Waals surface area (Å²) in [6.07, 6.45) is 3.84. The van der Waals surface area contributed by atoms with E-state index in [9.17, 15) is 9.59 Å². The number of fused-ring (bicyclic) bond motifs is 1. The van der Waals surface area contributed by atoms with Crippen molar-refractivity contribution in [2.75, 3.05) is 29.9 Å². The van der Waals surface area contributed by atoms with E-state index in [0.717, 1.165) is 50.1 Å². The first kappa shape index (κ1) is 14.9. The van der Waals surface area contributed by atoms with E-state index in [1.807, 2.05) is 29.2 Å². The molecule has 22 heavy (non-hydrogen) atoms. The summed E-state index contributed by atoms with van der Waals surface area (Å²) in [6, 6.07) is 7.50. The maximum Gasteiger partial charge on any atom is 0.250 e. The Morgan fingerprint density at radius 2 is 2.00 bits per heavy atom. The third kappa shape index (κ3) is 2.80. The lowest BCUT2D eigenvalue weighted by molar-refractivity contribution is -0.130. The third-order valence-electron chi connectivity index (χ3n) is 4.42. The molecule has 1 N–H and O–H groups in total. The minimum absolute atomic E-state index is 0.00750. The Morgan fingerprint density at radius 1 is 1.27 bits per heavy atom. The lowest BCUT2D eigenvalue weighted by atomic mass is 10.0. The van der Waals surface area contributed by atoms with Crippen LogP contribution in [0.25, 0.3) is 0 Å². The Bertz CT molecular complexity index is 567. The van der Waals surface area contributed by atoms with Crippen molar-refractivity contribution < 1.29 is 9.59 Å². The van der Waals surface area contributed by atoms with E-state index in [1.54, 1.807) is 4.90 Å². The fraction of sp³-hybridized carbons (Fsp3) is 0.529. The molecule has 1 aromatic carbocycles. The summed E-state index contributed by atoms with van der Waals surface area (Å²) in [5, 5.41) is 3.30. The number of carbonyl (C=O) groups is 2. The summed E-state index contributed by atoms with van der Waals surface area (Å²) in [7, 11) is 0. The highest BCUT2D eigenvalue weighted by Gasteiger charge is 2.33. The molecule has 1 atom stereocenters. The van der Waals surface area contributed by atoms with Gasteiger partial charge in [-0.05, 0) is 31.4 Å². The first-order valence-corrected chi connectivity index (χ1v) is 8.15. The Hall–Kier alpha value is -2.04. The zero-order valence-corrected chi connectivity index (χ0v) is 13.0. The van der Waals surface area contributed by atoms with Crippen LogP contribution in [0, 0.1) is 0 Å². The highest BCUT2D eigenvalue weighted by molar-refractivity contribution is 6.07. The van der Waals surface area contributed by atoms with Crippen molar-refractivity contribution in [2.24, 2.45) is 0 Å². The second-order valence-corrected chi connectivity index (χ2v) is 6.02. The van der Waals surface area contributed by atoms with Crippen LogP contribution in [0.1, 0.15) is 32.6 Å². The van der Waals surface area contributed by atoms with Gasteiger partial charge in [-0.15, -0.1) is 0 Å². The number of hydrogen-bond acceptors (Lipinski definition) is 3. The monoisotopic (exact) mass is 301 g/mol. The van der Waals surface area contributed by atoms with E-state index < -0.39 is 0 Å². The molecule has 3 rings (SSSR count). The number of hydrogen-bond donors (Lipinski definition) is 1. The van der Waals surface area contributed by atoms with Gasteiger partial charge < -0.3 is 10.2 Å². The molecule has 2 aliphatic heterocycles. The molecule has 2 aliphatic rings. The predicted octanol–water partition coefficient (Wildman–Crippen LogP) is 2.24. The summed E-state index contributed by atoms with van der Waals surface area (Å²) in [5.41, 5.74) is 1.75. The molecule has 0 saturated carbocycles. The molecule has 1 saturated heterocycles. The molecule has 0 aromatic heterocycles. The van der Waals surface area contributed by atoms with Crippen LogP contribution < -0.4 is 10.2 Å². The zero-order valence-electron chi connectivity index (χ0n) is 13.0. The lowest BCUT2D eigenvalue weighted by Crippen LogP contribution is -2.51. The van der Waals surface area contributed by atoms with Gasteiger partial charge in [0, 0.05) is 13.1 Å². The van der Waals surface area contributed by atoms with E-state index in [1.165, 1.54) is 0 Å². The van der Waals surface area contributed by atoms with Crippen LogP contribution >= 0.6 is 0 Å². The van der Waals surface area contributed by atoms with Crippen LogP contribution in [0.15, 0.2) is 24.3 Å². The van der Waals surface area contributed by atoms with Gasteiger partial charge >= 0.3 is 0 Å². The molecular formula is C17H23N3O2. The SMILES string of the molecule is CCCC1Nc2ccccc2N(CC(=O)N2CCCC2)C1=O. The Balaban J connectivity index is 1.83. The Kier molecular flexibility index (Phi) is 4.32. The average Bonchev–Trinajstić information content (AvgIpc) is 3.06. The summed E-state index contributed by atoms with van der Waals surface area (Å²) in [5.74, 6) is 0.0610. The van der Waals surface area contributed by atoms with Crippen molar-refractivity contribution in [1.29, 1.82) is 0 Å². The zero-order chi connectivity index (χ0) is 15.5. The van der Waals surface area contributed by atoms with Crippen LogP contribution in [-0.2, 0) is 9.59 Å². The molecule has 0 radical (unpaired) electrons. The van der Waals surface area contributed by atoms with Gasteiger partial charge in [0.1, 0.15) is 12.6 Å². The Labute approximate surface area is 131 Å². The molecule has 1 fully saturated rings. The highest BCUT2D eigenvalue weighted by atomic mass is 16.2. The average molecular weight is 301 g/mol.